The van der Waals surface area contributed by atoms with Gasteiger partial charge in [0.05, 0.1) is 0 Å². The highest BCUT2D eigenvalue weighted by molar-refractivity contribution is 4.80. The van der Waals surface area contributed by atoms with Gasteiger partial charge in [-0.2, -0.15) is 18.4 Å². The van der Waals surface area contributed by atoms with Crippen LogP contribution in [-0.4, -0.2) is 6.18 Å². The van der Waals surface area contributed by atoms with Crippen molar-refractivity contribution in [3.8, 4) is 6.07 Å². The van der Waals surface area contributed by atoms with Crippen molar-refractivity contribution >= 4 is 0 Å². The zero-order valence-electron chi connectivity index (χ0n) is 2.58. The monoisotopic (exact) mass is 97.0 g/mol. The minimum absolute atomic E-state index is 0.104. The maximum Gasteiger partial charge on any atom is 0.483 e. The number of nitriles is 1. The summed E-state index contributed by atoms with van der Waals surface area (Å²) in [7, 11) is 0. The molecule has 0 saturated carbocycles. The van der Waals surface area contributed by atoms with Gasteiger partial charge < -0.3 is 0 Å². The Balaban J connectivity index is 3.55. The molecule has 0 unspecified atom stereocenters. The Hall–Kier alpha value is -0.720. The zero-order valence-corrected chi connectivity index (χ0v) is 2.58. The lowest BCUT2D eigenvalue weighted by Crippen LogP contribution is -1.99. The highest BCUT2D eigenvalue weighted by Crippen LogP contribution is 2.10. The van der Waals surface area contributed by atoms with Gasteiger partial charge in [0.15, 0.2) is 6.07 Å². The van der Waals surface area contributed by atoms with Crippen LogP contribution in [-0.2, 0) is 0 Å². The average molecular weight is 97.0 g/mol. The van der Waals surface area contributed by atoms with E-state index in [1.54, 1.807) is 0 Å². The minimum atomic E-state index is -4.65. The normalized spacial score (nSPS) is 10.3. The summed E-state index contributed by atoms with van der Waals surface area (Å²) < 4.78 is 31.3. The van der Waals surface area contributed by atoms with Gasteiger partial charge in [-0.15, -0.1) is 0 Å². The van der Waals surface area contributed by atoms with E-state index in [-0.39, 0.29) is 6.07 Å². The molecular formula is C2F3N. The van der Waals surface area contributed by atoms with Crippen molar-refractivity contribution in [1.82, 2.24) is 0 Å². The Labute approximate surface area is 32.0 Å². The van der Waals surface area contributed by atoms with Crippen molar-refractivity contribution < 1.29 is 13.2 Å². The van der Waals surface area contributed by atoms with E-state index in [4.69, 9.17) is 5.26 Å². The second-order valence-corrected chi connectivity index (χ2v) is 0.610. The van der Waals surface area contributed by atoms with Crippen molar-refractivity contribution in [1.29, 1.82) is 5.26 Å². The van der Waals surface area contributed by atoms with Crippen LogP contribution in [0, 0.1) is 11.3 Å². The molecule has 0 aliphatic carbocycles. The van der Waals surface area contributed by atoms with Gasteiger partial charge in [-0.05, 0) is 0 Å². The van der Waals surface area contributed by atoms with E-state index in [0.717, 1.165) is 0 Å². The molecule has 0 aromatic rings. The quantitative estimate of drug-likeness (QED) is 0.443. The van der Waals surface area contributed by atoms with Crippen molar-refractivity contribution in [2.24, 2.45) is 0 Å². The van der Waals surface area contributed by atoms with Crippen molar-refractivity contribution in [2.45, 2.75) is 6.18 Å². The Morgan fingerprint density at radius 3 is 1.50 bits per heavy atom. The van der Waals surface area contributed by atoms with E-state index in [1.807, 2.05) is 0 Å². The summed E-state index contributed by atoms with van der Waals surface area (Å²) in [5.41, 5.74) is 0. The molecule has 6 heavy (non-hydrogen) atoms. The molecule has 0 radical (unpaired) electrons. The van der Waals surface area contributed by atoms with E-state index < -0.39 is 6.18 Å². The summed E-state index contributed by atoms with van der Waals surface area (Å²) in [6.45, 7) is 0. The number of hydrogen-bond acceptors (Lipinski definition) is 1. The number of rotatable bonds is 0. The van der Waals surface area contributed by atoms with Crippen LogP contribution in [0.4, 0.5) is 13.2 Å². The van der Waals surface area contributed by atoms with Crippen molar-refractivity contribution in [2.75, 3.05) is 0 Å². The third-order valence-electron chi connectivity index (χ3n) is 0.127. The first-order valence-corrected chi connectivity index (χ1v) is 1.04. The number of alkyl halides is 3. The van der Waals surface area contributed by atoms with Crippen LogP contribution < -0.4 is 0 Å². The van der Waals surface area contributed by atoms with Crippen LogP contribution in [0.3, 0.4) is 0 Å². The lowest BCUT2D eigenvalue weighted by atomic mass is 11.2. The largest absolute Gasteiger partial charge is 0.483 e. The second kappa shape index (κ2) is 1.17. The van der Waals surface area contributed by atoms with Crippen LogP contribution >= 0.6 is 0 Å². The van der Waals surface area contributed by atoms with Crippen LogP contribution in [0.5, 0.6) is 0 Å². The van der Waals surface area contributed by atoms with E-state index in [2.05, 4.69) is 0 Å². The van der Waals surface area contributed by atoms with Gasteiger partial charge in [0.25, 0.3) is 0 Å². The molecule has 0 amide bonds. The Kier molecular flexibility index (Phi) is 1.03. The molecule has 4 heteroatoms. The predicted octanol–water partition coefficient (Wildman–Crippen LogP) is 1.07. The van der Waals surface area contributed by atoms with Crippen molar-refractivity contribution in [3.05, 3.63) is 0 Å². The first kappa shape index (κ1) is 5.28. The molecule has 1 nitrogen and oxygen atoms in total. The molecule has 0 saturated heterocycles. The van der Waals surface area contributed by atoms with Gasteiger partial charge in [-0.3, -0.25) is 0 Å². The van der Waals surface area contributed by atoms with E-state index in [0.29, 0.717) is 0 Å². The highest BCUT2D eigenvalue weighted by Gasteiger charge is 2.25. The molecule has 0 rings (SSSR count). The predicted molar refractivity (Wildman–Crippen MR) is 11.7 cm³/mol. The van der Waals surface area contributed by atoms with Gasteiger partial charge in [0.2, 0.25) is 0 Å². The minimum Gasteiger partial charge on any atom is -0.188 e. The van der Waals surface area contributed by atoms with E-state index in [1.165, 1.54) is 0 Å². The van der Waals surface area contributed by atoms with Crippen LogP contribution in [0.1, 0.15) is 0 Å². The second-order valence-electron chi connectivity index (χ2n) is 0.610. The fourth-order valence-electron chi connectivity index (χ4n) is 0. The molecule has 0 aromatic heterocycles. The van der Waals surface area contributed by atoms with E-state index in [9.17, 15) is 13.2 Å². The molecule has 0 atom stereocenters. The molecule has 0 aromatic carbocycles. The molecule has 0 fully saturated rings. The summed E-state index contributed by atoms with van der Waals surface area (Å²) in [5, 5.41) is 7.03. The number of nitrogens with zero attached hydrogens (tertiary/aromatic N) is 1. The summed E-state index contributed by atoms with van der Waals surface area (Å²) >= 11 is 0. The van der Waals surface area contributed by atoms with Crippen LogP contribution in [0.15, 0.2) is 0 Å². The fourth-order valence-corrected chi connectivity index (χ4v) is 0. The van der Waals surface area contributed by atoms with Crippen molar-refractivity contribution in [3.63, 3.8) is 0 Å². The maximum atomic E-state index is 10.4. The fraction of sp³-hybridized carbons (Fsp3) is 0.500. The number of halogens is 3. The Bertz CT molecular complexity index is 75.8. The third-order valence-corrected chi connectivity index (χ3v) is 0.127. The van der Waals surface area contributed by atoms with Crippen LogP contribution in [0.2, 0.25) is 0 Å². The summed E-state index contributed by atoms with van der Waals surface area (Å²) in [4.78, 5) is 0. The van der Waals surface area contributed by atoms with Gasteiger partial charge in [0.1, 0.15) is 0 Å². The lowest BCUT2D eigenvalue weighted by Gasteiger charge is -1.84. The number of hydrogen-bond donors (Lipinski definition) is 0. The standard InChI is InChI=1S/C2F3N/c3-2(4,5)1-6/i1+2. The average Bonchev–Trinajstić information content (AvgIpc) is 1.35. The van der Waals surface area contributed by atoms with Gasteiger partial charge in [0, 0.05) is 0 Å². The molecule has 0 aliphatic heterocycles. The van der Waals surface area contributed by atoms with Gasteiger partial charge >= 0.3 is 6.18 Å². The molecule has 34 valence electrons. The summed E-state index contributed by atoms with van der Waals surface area (Å²) in [6.07, 6.45) is -4.65. The smallest absolute Gasteiger partial charge is 0.188 e. The Morgan fingerprint density at radius 2 is 1.50 bits per heavy atom. The molecule has 0 bridgehead atoms. The Morgan fingerprint density at radius 1 is 1.33 bits per heavy atom. The molecule has 0 spiro atoms. The van der Waals surface area contributed by atoms with Gasteiger partial charge in [-0.25, -0.2) is 0 Å². The first-order chi connectivity index (χ1) is 2.56. The third kappa shape index (κ3) is 3.28. The summed E-state index contributed by atoms with van der Waals surface area (Å²) in [6, 6.07) is 0.104. The zero-order chi connectivity index (χ0) is 5.21. The SMILES string of the molecule is N#[14C]C(F)(F)F. The topological polar surface area (TPSA) is 23.8 Å². The maximum absolute atomic E-state index is 10.4. The molecular weight excluding hydrogens is 97.0 g/mol. The van der Waals surface area contributed by atoms with E-state index >= 15 is 0 Å². The molecule has 0 N–H and O–H groups in total. The first-order valence-electron chi connectivity index (χ1n) is 1.04. The van der Waals surface area contributed by atoms with Crippen LogP contribution in [0.25, 0.3) is 0 Å². The highest BCUT2D eigenvalue weighted by atomic mass is 19.4. The van der Waals surface area contributed by atoms with Gasteiger partial charge in [-0.1, -0.05) is 0 Å². The summed E-state index contributed by atoms with van der Waals surface area (Å²) in [5.74, 6) is 0. The molecule has 0 heterocycles. The lowest BCUT2D eigenvalue weighted by molar-refractivity contribution is -0.0717. The molecule has 0 aliphatic rings.